The molecule has 3 heteroatoms. The lowest BCUT2D eigenvalue weighted by Crippen LogP contribution is -2.36. The molecule has 3 unspecified atom stereocenters. The third-order valence-corrected chi connectivity index (χ3v) is 4.56. The van der Waals surface area contributed by atoms with Gasteiger partial charge in [-0.15, -0.1) is 0 Å². The SMILES string of the molecule is CCCCCCCCCCCCCCC(O)C(O)C(O)CC. The summed E-state index contributed by atoms with van der Waals surface area (Å²) >= 11 is 0. The van der Waals surface area contributed by atoms with E-state index in [1.54, 1.807) is 0 Å². The highest BCUT2D eigenvalue weighted by atomic mass is 16.4. The minimum absolute atomic E-state index is 0.483. The standard InChI is InChI=1S/C19H40O3/c1-3-5-6-7-8-9-10-11-12-13-14-15-16-18(21)19(22)17(20)4-2/h17-22H,3-16H2,1-2H3. The molecule has 3 nitrogen and oxygen atoms in total. The topological polar surface area (TPSA) is 60.7 Å². The maximum absolute atomic E-state index is 9.77. The van der Waals surface area contributed by atoms with Crippen LogP contribution in [0.4, 0.5) is 0 Å². The molecule has 0 aromatic heterocycles. The van der Waals surface area contributed by atoms with Crippen LogP contribution in [0.3, 0.4) is 0 Å². The Bertz CT molecular complexity index is 221. The third-order valence-electron chi connectivity index (χ3n) is 4.56. The fourth-order valence-electron chi connectivity index (χ4n) is 2.86. The molecule has 0 aliphatic rings. The quantitative estimate of drug-likeness (QED) is 0.366. The van der Waals surface area contributed by atoms with Crippen molar-refractivity contribution in [3.63, 3.8) is 0 Å². The van der Waals surface area contributed by atoms with E-state index in [1.165, 1.54) is 64.2 Å². The molecule has 0 rings (SSSR count). The smallest absolute Gasteiger partial charge is 0.106 e. The Hall–Kier alpha value is -0.120. The number of hydrogen-bond acceptors (Lipinski definition) is 3. The Kier molecular flexibility index (Phi) is 15.7. The zero-order chi connectivity index (χ0) is 16.6. The van der Waals surface area contributed by atoms with Gasteiger partial charge < -0.3 is 15.3 Å². The first kappa shape index (κ1) is 21.9. The predicted octanol–water partition coefficient (Wildman–Crippen LogP) is 4.57. The van der Waals surface area contributed by atoms with Crippen molar-refractivity contribution in [3.05, 3.63) is 0 Å². The van der Waals surface area contributed by atoms with Crippen LogP contribution in [-0.4, -0.2) is 33.6 Å². The van der Waals surface area contributed by atoms with Crippen LogP contribution in [0.25, 0.3) is 0 Å². The summed E-state index contributed by atoms with van der Waals surface area (Å²) in [5.74, 6) is 0. The van der Waals surface area contributed by atoms with Gasteiger partial charge in [0.05, 0.1) is 12.2 Å². The number of aliphatic hydroxyl groups excluding tert-OH is 3. The van der Waals surface area contributed by atoms with Gasteiger partial charge in [-0.05, 0) is 12.8 Å². The van der Waals surface area contributed by atoms with Crippen LogP contribution in [0.1, 0.15) is 104 Å². The lowest BCUT2D eigenvalue weighted by atomic mass is 9.99. The van der Waals surface area contributed by atoms with Crippen LogP contribution in [-0.2, 0) is 0 Å². The van der Waals surface area contributed by atoms with Crippen LogP contribution >= 0.6 is 0 Å². The first-order valence-electron chi connectivity index (χ1n) is 9.67. The number of unbranched alkanes of at least 4 members (excludes halogenated alkanes) is 11. The minimum Gasteiger partial charge on any atom is -0.390 e. The molecular weight excluding hydrogens is 276 g/mol. The van der Waals surface area contributed by atoms with Gasteiger partial charge in [-0.25, -0.2) is 0 Å². The second-order valence-corrected chi connectivity index (χ2v) is 6.71. The Balaban J connectivity index is 3.26. The molecule has 3 atom stereocenters. The van der Waals surface area contributed by atoms with Crippen molar-refractivity contribution in [1.82, 2.24) is 0 Å². The summed E-state index contributed by atoms with van der Waals surface area (Å²) in [4.78, 5) is 0. The summed E-state index contributed by atoms with van der Waals surface area (Å²) in [6.07, 6.45) is 14.0. The molecule has 3 N–H and O–H groups in total. The zero-order valence-corrected chi connectivity index (χ0v) is 15.0. The van der Waals surface area contributed by atoms with E-state index in [0.717, 1.165) is 12.8 Å². The molecule has 0 spiro atoms. The number of aliphatic hydroxyl groups is 3. The molecule has 0 aliphatic heterocycles. The van der Waals surface area contributed by atoms with Crippen LogP contribution in [0.2, 0.25) is 0 Å². The Morgan fingerprint density at radius 2 is 0.955 bits per heavy atom. The molecule has 22 heavy (non-hydrogen) atoms. The summed E-state index contributed by atoms with van der Waals surface area (Å²) < 4.78 is 0. The molecule has 0 bridgehead atoms. The van der Waals surface area contributed by atoms with Crippen LogP contribution in [0, 0.1) is 0 Å². The lowest BCUT2D eigenvalue weighted by Gasteiger charge is -2.21. The van der Waals surface area contributed by atoms with E-state index in [0.29, 0.717) is 12.8 Å². The van der Waals surface area contributed by atoms with Crippen LogP contribution in [0.15, 0.2) is 0 Å². The van der Waals surface area contributed by atoms with Gasteiger partial charge in [-0.1, -0.05) is 90.9 Å². The summed E-state index contributed by atoms with van der Waals surface area (Å²) in [5, 5.41) is 28.9. The van der Waals surface area contributed by atoms with Gasteiger partial charge in [0.1, 0.15) is 6.10 Å². The first-order chi connectivity index (χ1) is 10.6. The van der Waals surface area contributed by atoms with Crippen LogP contribution in [0.5, 0.6) is 0 Å². The highest BCUT2D eigenvalue weighted by molar-refractivity contribution is 4.74. The largest absolute Gasteiger partial charge is 0.390 e. The van der Waals surface area contributed by atoms with Crippen molar-refractivity contribution in [2.75, 3.05) is 0 Å². The van der Waals surface area contributed by atoms with Gasteiger partial charge in [0.2, 0.25) is 0 Å². The molecule has 0 aromatic carbocycles. The van der Waals surface area contributed by atoms with E-state index >= 15 is 0 Å². The maximum Gasteiger partial charge on any atom is 0.106 e. The second kappa shape index (κ2) is 15.8. The fraction of sp³-hybridized carbons (Fsp3) is 1.00. The molecule has 0 radical (unpaired) electrons. The number of hydrogen-bond donors (Lipinski definition) is 3. The summed E-state index contributed by atoms with van der Waals surface area (Å²) in [6, 6.07) is 0. The van der Waals surface area contributed by atoms with Gasteiger partial charge in [-0.2, -0.15) is 0 Å². The summed E-state index contributed by atoms with van der Waals surface area (Å²) in [6.45, 7) is 4.07. The lowest BCUT2D eigenvalue weighted by molar-refractivity contribution is -0.0630. The van der Waals surface area contributed by atoms with Crippen LogP contribution < -0.4 is 0 Å². The molecule has 0 saturated carbocycles. The Morgan fingerprint density at radius 1 is 0.545 bits per heavy atom. The summed E-state index contributed by atoms with van der Waals surface area (Å²) in [7, 11) is 0. The third kappa shape index (κ3) is 12.4. The van der Waals surface area contributed by atoms with E-state index < -0.39 is 18.3 Å². The van der Waals surface area contributed by atoms with Gasteiger partial charge in [-0.3, -0.25) is 0 Å². The molecule has 0 heterocycles. The average Bonchev–Trinajstić information content (AvgIpc) is 2.54. The molecular formula is C19H40O3. The van der Waals surface area contributed by atoms with Crippen molar-refractivity contribution in [3.8, 4) is 0 Å². The molecule has 0 saturated heterocycles. The molecule has 0 fully saturated rings. The van der Waals surface area contributed by atoms with Crippen molar-refractivity contribution in [2.45, 2.75) is 122 Å². The van der Waals surface area contributed by atoms with Crippen molar-refractivity contribution >= 4 is 0 Å². The Labute approximate surface area is 138 Å². The molecule has 0 amide bonds. The molecule has 0 aromatic rings. The zero-order valence-electron chi connectivity index (χ0n) is 15.0. The first-order valence-corrected chi connectivity index (χ1v) is 9.67. The van der Waals surface area contributed by atoms with E-state index in [1.807, 2.05) is 6.92 Å². The van der Waals surface area contributed by atoms with Crippen molar-refractivity contribution in [2.24, 2.45) is 0 Å². The predicted molar refractivity (Wildman–Crippen MR) is 94.0 cm³/mol. The van der Waals surface area contributed by atoms with E-state index in [4.69, 9.17) is 0 Å². The normalized spacial score (nSPS) is 15.7. The van der Waals surface area contributed by atoms with E-state index in [9.17, 15) is 15.3 Å². The van der Waals surface area contributed by atoms with Gasteiger partial charge in [0.25, 0.3) is 0 Å². The van der Waals surface area contributed by atoms with Gasteiger partial charge >= 0.3 is 0 Å². The van der Waals surface area contributed by atoms with Crippen molar-refractivity contribution < 1.29 is 15.3 Å². The second-order valence-electron chi connectivity index (χ2n) is 6.71. The van der Waals surface area contributed by atoms with E-state index in [2.05, 4.69) is 6.92 Å². The Morgan fingerprint density at radius 3 is 1.36 bits per heavy atom. The molecule has 134 valence electrons. The fourth-order valence-corrected chi connectivity index (χ4v) is 2.86. The number of rotatable bonds is 16. The monoisotopic (exact) mass is 316 g/mol. The van der Waals surface area contributed by atoms with Gasteiger partial charge in [0.15, 0.2) is 0 Å². The summed E-state index contributed by atoms with van der Waals surface area (Å²) in [5.41, 5.74) is 0. The minimum atomic E-state index is -0.988. The highest BCUT2D eigenvalue weighted by Gasteiger charge is 2.22. The van der Waals surface area contributed by atoms with E-state index in [-0.39, 0.29) is 0 Å². The maximum atomic E-state index is 9.77. The average molecular weight is 317 g/mol. The van der Waals surface area contributed by atoms with Crippen molar-refractivity contribution in [1.29, 1.82) is 0 Å². The molecule has 0 aliphatic carbocycles. The van der Waals surface area contributed by atoms with Gasteiger partial charge in [0, 0.05) is 0 Å². The highest BCUT2D eigenvalue weighted by Crippen LogP contribution is 2.14.